The number of rotatable bonds is 7. The third-order valence-corrected chi connectivity index (χ3v) is 6.02. The number of benzene rings is 1. The number of aromatic nitrogens is 2. The Morgan fingerprint density at radius 1 is 1.36 bits per heavy atom. The van der Waals surface area contributed by atoms with Gasteiger partial charge in [-0.05, 0) is 24.1 Å². The maximum Gasteiger partial charge on any atom is 0.259 e. The van der Waals surface area contributed by atoms with Gasteiger partial charge in [0, 0.05) is 11.4 Å². The summed E-state index contributed by atoms with van der Waals surface area (Å²) < 4.78 is 25.7. The standard InChI is InChI=1S/C14H17ClN4O3S3/c1-8(2)7-23-14-18-17-13(24-14)16-12(20)10-6-9(4-5-11(10)15)19-25(3,21)22/h4-6,8,19H,7H2,1-3H3,(H,16,17,20). The predicted octanol–water partition coefficient (Wildman–Crippen LogP) is 3.56. The molecule has 1 aromatic carbocycles. The minimum atomic E-state index is -3.45. The van der Waals surface area contributed by atoms with E-state index in [1.54, 1.807) is 11.8 Å². The number of anilines is 2. The summed E-state index contributed by atoms with van der Waals surface area (Å²) in [6.45, 7) is 4.21. The maximum absolute atomic E-state index is 12.4. The van der Waals surface area contributed by atoms with E-state index in [1.165, 1.54) is 29.5 Å². The lowest BCUT2D eigenvalue weighted by Gasteiger charge is -2.08. The Morgan fingerprint density at radius 2 is 2.08 bits per heavy atom. The summed E-state index contributed by atoms with van der Waals surface area (Å²) in [6.07, 6.45) is 1.03. The zero-order chi connectivity index (χ0) is 18.6. The molecule has 25 heavy (non-hydrogen) atoms. The highest BCUT2D eigenvalue weighted by atomic mass is 35.5. The fourth-order valence-corrected chi connectivity index (χ4v) is 4.18. The van der Waals surface area contributed by atoms with Crippen LogP contribution in [0.2, 0.25) is 5.02 Å². The lowest BCUT2D eigenvalue weighted by Crippen LogP contribution is -2.14. The van der Waals surface area contributed by atoms with Gasteiger partial charge in [0.25, 0.3) is 5.91 Å². The average Bonchev–Trinajstić information content (AvgIpc) is 2.93. The Morgan fingerprint density at radius 3 is 2.72 bits per heavy atom. The van der Waals surface area contributed by atoms with Crippen molar-refractivity contribution in [3.8, 4) is 0 Å². The number of sulfonamides is 1. The van der Waals surface area contributed by atoms with Crippen molar-refractivity contribution in [1.82, 2.24) is 10.2 Å². The highest BCUT2D eigenvalue weighted by Crippen LogP contribution is 2.28. The fourth-order valence-electron chi connectivity index (χ4n) is 1.70. The first-order valence-corrected chi connectivity index (χ1v) is 11.3. The molecule has 0 atom stereocenters. The molecule has 2 N–H and O–H groups in total. The molecule has 0 aliphatic carbocycles. The zero-order valence-electron chi connectivity index (χ0n) is 13.7. The molecule has 0 bridgehead atoms. The number of thioether (sulfide) groups is 1. The fraction of sp³-hybridized carbons (Fsp3) is 0.357. The van der Waals surface area contributed by atoms with Crippen LogP contribution in [0.1, 0.15) is 24.2 Å². The second kappa shape index (κ2) is 8.35. The van der Waals surface area contributed by atoms with E-state index in [4.69, 9.17) is 11.6 Å². The van der Waals surface area contributed by atoms with Gasteiger partial charge in [-0.25, -0.2) is 8.42 Å². The largest absolute Gasteiger partial charge is 0.296 e. The van der Waals surface area contributed by atoms with Crippen LogP contribution in [0.3, 0.4) is 0 Å². The Bertz CT molecular complexity index is 868. The SMILES string of the molecule is CC(C)CSc1nnc(NC(=O)c2cc(NS(C)(=O)=O)ccc2Cl)s1. The van der Waals surface area contributed by atoms with E-state index in [0.29, 0.717) is 11.0 Å². The molecule has 1 aromatic heterocycles. The van der Waals surface area contributed by atoms with E-state index < -0.39 is 15.9 Å². The zero-order valence-corrected chi connectivity index (χ0v) is 16.9. The van der Waals surface area contributed by atoms with Gasteiger partial charge in [0.15, 0.2) is 4.34 Å². The van der Waals surface area contributed by atoms with E-state index >= 15 is 0 Å². The van der Waals surface area contributed by atoms with Crippen molar-refractivity contribution in [2.24, 2.45) is 5.92 Å². The number of carbonyl (C=O) groups is 1. The van der Waals surface area contributed by atoms with E-state index in [9.17, 15) is 13.2 Å². The summed E-state index contributed by atoms with van der Waals surface area (Å²) in [4.78, 5) is 12.4. The molecule has 7 nitrogen and oxygen atoms in total. The van der Waals surface area contributed by atoms with E-state index in [-0.39, 0.29) is 16.3 Å². The quantitative estimate of drug-likeness (QED) is 0.524. The summed E-state index contributed by atoms with van der Waals surface area (Å²) in [5, 5.41) is 11.1. The summed E-state index contributed by atoms with van der Waals surface area (Å²) in [7, 11) is -3.45. The summed E-state index contributed by atoms with van der Waals surface area (Å²) in [5.41, 5.74) is 0.393. The van der Waals surface area contributed by atoms with Crippen LogP contribution < -0.4 is 10.0 Å². The van der Waals surface area contributed by atoms with Crippen molar-refractivity contribution in [3.63, 3.8) is 0 Å². The van der Waals surface area contributed by atoms with Gasteiger partial charge in [-0.3, -0.25) is 14.8 Å². The normalized spacial score (nSPS) is 11.6. The topological polar surface area (TPSA) is 101 Å². The van der Waals surface area contributed by atoms with Gasteiger partial charge >= 0.3 is 0 Å². The third kappa shape index (κ3) is 6.46. The summed E-state index contributed by atoms with van der Waals surface area (Å²) in [5.74, 6) is 0.947. The molecule has 0 spiro atoms. The number of nitrogens with one attached hydrogen (secondary N) is 2. The van der Waals surface area contributed by atoms with Crippen LogP contribution in [0.25, 0.3) is 0 Å². The van der Waals surface area contributed by atoms with E-state index in [0.717, 1.165) is 16.3 Å². The molecule has 2 aromatic rings. The maximum atomic E-state index is 12.4. The first-order chi connectivity index (χ1) is 11.6. The Hall–Kier alpha value is -1.36. The van der Waals surface area contributed by atoms with Gasteiger partial charge < -0.3 is 0 Å². The van der Waals surface area contributed by atoms with Crippen LogP contribution in [-0.2, 0) is 10.0 Å². The second-order valence-electron chi connectivity index (χ2n) is 5.60. The van der Waals surface area contributed by atoms with Crippen molar-refractivity contribution < 1.29 is 13.2 Å². The molecule has 11 heteroatoms. The number of hydrogen-bond acceptors (Lipinski definition) is 7. The Labute approximate surface area is 159 Å². The van der Waals surface area contributed by atoms with Crippen LogP contribution >= 0.6 is 34.7 Å². The highest BCUT2D eigenvalue weighted by molar-refractivity contribution is 8.01. The van der Waals surface area contributed by atoms with Crippen LogP contribution in [0.4, 0.5) is 10.8 Å². The molecule has 0 saturated carbocycles. The average molecular weight is 421 g/mol. The van der Waals surface area contributed by atoms with Gasteiger partial charge in [-0.1, -0.05) is 48.5 Å². The Balaban J connectivity index is 2.11. The molecule has 1 amide bonds. The highest BCUT2D eigenvalue weighted by Gasteiger charge is 2.15. The Kier molecular flexibility index (Phi) is 6.66. The first-order valence-electron chi connectivity index (χ1n) is 7.19. The van der Waals surface area contributed by atoms with Crippen molar-refractivity contribution in [1.29, 1.82) is 0 Å². The van der Waals surface area contributed by atoms with Crippen LogP contribution in [0.15, 0.2) is 22.5 Å². The monoisotopic (exact) mass is 420 g/mol. The van der Waals surface area contributed by atoms with Gasteiger partial charge in [0.05, 0.1) is 16.8 Å². The summed E-state index contributed by atoms with van der Waals surface area (Å²) >= 11 is 8.89. The molecule has 0 radical (unpaired) electrons. The number of halogens is 1. The minimum Gasteiger partial charge on any atom is -0.296 e. The lowest BCUT2D eigenvalue weighted by atomic mass is 10.2. The molecular formula is C14H17ClN4O3S3. The molecule has 0 unspecified atom stereocenters. The van der Waals surface area contributed by atoms with Crippen LogP contribution in [0.5, 0.6) is 0 Å². The molecule has 1 heterocycles. The molecule has 0 fully saturated rings. The second-order valence-corrected chi connectivity index (χ2v) is 10.0. The van der Waals surface area contributed by atoms with Gasteiger partial charge in [0.1, 0.15) is 0 Å². The molecule has 2 rings (SSSR count). The minimum absolute atomic E-state index is 0.141. The summed E-state index contributed by atoms with van der Waals surface area (Å²) in [6, 6.07) is 4.30. The van der Waals surface area contributed by atoms with E-state index in [1.807, 2.05) is 0 Å². The number of hydrogen-bond donors (Lipinski definition) is 2. The van der Waals surface area contributed by atoms with Gasteiger partial charge in [0.2, 0.25) is 15.2 Å². The molecule has 136 valence electrons. The third-order valence-electron chi connectivity index (χ3n) is 2.68. The first kappa shape index (κ1) is 20.0. The predicted molar refractivity (Wildman–Crippen MR) is 103 cm³/mol. The van der Waals surface area contributed by atoms with Gasteiger partial charge in [-0.15, -0.1) is 10.2 Å². The van der Waals surface area contributed by atoms with Crippen LogP contribution in [0, 0.1) is 5.92 Å². The molecule has 0 aliphatic rings. The van der Waals surface area contributed by atoms with Gasteiger partial charge in [-0.2, -0.15) is 0 Å². The lowest BCUT2D eigenvalue weighted by molar-refractivity contribution is 0.102. The molecular weight excluding hydrogens is 404 g/mol. The molecule has 0 aliphatic heterocycles. The van der Waals surface area contributed by atoms with E-state index in [2.05, 4.69) is 34.1 Å². The van der Waals surface area contributed by atoms with Crippen molar-refractivity contribution in [2.45, 2.75) is 18.2 Å². The van der Waals surface area contributed by atoms with Crippen molar-refractivity contribution in [2.75, 3.05) is 22.0 Å². The van der Waals surface area contributed by atoms with Crippen molar-refractivity contribution in [3.05, 3.63) is 28.8 Å². The molecule has 0 saturated heterocycles. The number of nitrogens with zero attached hydrogens (tertiary/aromatic N) is 2. The number of carbonyl (C=O) groups excluding carboxylic acids is 1. The van der Waals surface area contributed by atoms with Crippen LogP contribution in [-0.4, -0.2) is 36.5 Å². The number of amides is 1. The smallest absolute Gasteiger partial charge is 0.259 e. The van der Waals surface area contributed by atoms with Crippen molar-refractivity contribution >= 4 is 61.4 Å².